The Hall–Kier alpha value is -2.91. The third-order valence-electron chi connectivity index (χ3n) is 6.96. The summed E-state index contributed by atoms with van der Waals surface area (Å²) >= 11 is 1.66. The van der Waals surface area contributed by atoms with Crippen LogP contribution in [0.15, 0.2) is 30.3 Å². The molecule has 1 aliphatic heterocycles. The molecule has 0 radical (unpaired) electrons. The van der Waals surface area contributed by atoms with Crippen LogP contribution in [-0.4, -0.2) is 62.4 Å². The molecule has 4 rings (SSSR count). The predicted octanol–water partition coefficient (Wildman–Crippen LogP) is 5.11. The fraction of sp³-hybridized carbons (Fsp3) is 0.536. The number of nitrogens with zero attached hydrogens (tertiary/aromatic N) is 1. The Balaban J connectivity index is 1.64. The smallest absolute Gasteiger partial charge is 0.406 e. The van der Waals surface area contributed by atoms with E-state index in [0.717, 1.165) is 53.0 Å². The first-order valence-corrected chi connectivity index (χ1v) is 13.8. The van der Waals surface area contributed by atoms with E-state index < -0.39 is 6.09 Å². The molecular formula is C28H36N2O6S. The molecule has 0 bridgehead atoms. The van der Waals surface area contributed by atoms with Crippen LogP contribution < -0.4 is 5.32 Å². The summed E-state index contributed by atoms with van der Waals surface area (Å²) in [6.45, 7) is 3.20. The highest BCUT2D eigenvalue weighted by Gasteiger charge is 2.40. The third-order valence-corrected chi connectivity index (χ3v) is 8.33. The van der Waals surface area contributed by atoms with Crippen LogP contribution in [0.1, 0.15) is 71.6 Å². The van der Waals surface area contributed by atoms with Crippen molar-refractivity contribution in [3.8, 4) is 11.1 Å². The van der Waals surface area contributed by atoms with Crippen LogP contribution in [0.25, 0.3) is 11.1 Å². The highest BCUT2D eigenvalue weighted by molar-refractivity contribution is 7.12. The Labute approximate surface area is 222 Å². The van der Waals surface area contributed by atoms with E-state index in [-0.39, 0.29) is 30.1 Å². The van der Waals surface area contributed by atoms with E-state index in [2.05, 4.69) is 23.0 Å². The summed E-state index contributed by atoms with van der Waals surface area (Å²) in [5, 5.41) is 2.73. The van der Waals surface area contributed by atoms with Crippen LogP contribution in [0.4, 0.5) is 4.79 Å². The fourth-order valence-electron chi connectivity index (χ4n) is 4.87. The number of ether oxygens (including phenoxy) is 3. The number of esters is 1. The molecule has 9 heteroatoms. The van der Waals surface area contributed by atoms with E-state index in [1.807, 2.05) is 23.1 Å². The first-order valence-electron chi connectivity index (χ1n) is 13.0. The van der Waals surface area contributed by atoms with Gasteiger partial charge in [-0.1, -0.05) is 18.2 Å². The topological polar surface area (TPSA) is 94.2 Å². The van der Waals surface area contributed by atoms with E-state index in [1.54, 1.807) is 17.4 Å². The van der Waals surface area contributed by atoms with Gasteiger partial charge in [0.1, 0.15) is 6.10 Å². The zero-order valence-electron chi connectivity index (χ0n) is 21.8. The average Bonchev–Trinajstić information content (AvgIpc) is 3.68. The number of methoxy groups -OCH3 is 2. The summed E-state index contributed by atoms with van der Waals surface area (Å²) in [4.78, 5) is 41.8. The molecule has 1 aliphatic carbocycles. The number of alkyl carbamates (subject to hydrolysis) is 1. The summed E-state index contributed by atoms with van der Waals surface area (Å²) in [6, 6.07) is 9.68. The molecule has 1 N–H and O–H groups in total. The lowest BCUT2D eigenvalue weighted by Crippen LogP contribution is -2.44. The van der Waals surface area contributed by atoms with Gasteiger partial charge in [-0.25, -0.2) is 9.59 Å². The van der Waals surface area contributed by atoms with Crippen molar-refractivity contribution < 1.29 is 28.6 Å². The van der Waals surface area contributed by atoms with Crippen LogP contribution in [0, 0.1) is 0 Å². The summed E-state index contributed by atoms with van der Waals surface area (Å²) in [6.07, 6.45) is 5.41. The van der Waals surface area contributed by atoms with Crippen molar-refractivity contribution >= 4 is 29.3 Å². The van der Waals surface area contributed by atoms with Gasteiger partial charge in [0.05, 0.1) is 25.8 Å². The number of rotatable bonds is 10. The molecule has 2 aromatic rings. The highest BCUT2D eigenvalue weighted by atomic mass is 32.1. The molecule has 200 valence electrons. The second-order valence-corrected chi connectivity index (χ2v) is 10.7. The van der Waals surface area contributed by atoms with Crippen molar-refractivity contribution in [2.24, 2.45) is 0 Å². The average molecular weight is 529 g/mol. The van der Waals surface area contributed by atoms with Crippen molar-refractivity contribution in [3.63, 3.8) is 0 Å². The quantitative estimate of drug-likeness (QED) is 0.340. The monoisotopic (exact) mass is 528 g/mol. The largest absolute Gasteiger partial charge is 0.465 e. The van der Waals surface area contributed by atoms with E-state index >= 15 is 0 Å². The van der Waals surface area contributed by atoms with Gasteiger partial charge < -0.3 is 24.4 Å². The lowest BCUT2D eigenvalue weighted by molar-refractivity contribution is -0.149. The van der Waals surface area contributed by atoms with Crippen molar-refractivity contribution in [1.29, 1.82) is 0 Å². The Morgan fingerprint density at radius 3 is 2.57 bits per heavy atom. The second-order valence-electron chi connectivity index (χ2n) is 9.55. The van der Waals surface area contributed by atoms with Gasteiger partial charge in [-0.2, -0.15) is 0 Å². The summed E-state index contributed by atoms with van der Waals surface area (Å²) in [5.41, 5.74) is 2.27. The van der Waals surface area contributed by atoms with E-state index in [1.165, 1.54) is 14.2 Å². The van der Waals surface area contributed by atoms with Crippen LogP contribution >= 0.6 is 11.3 Å². The zero-order chi connectivity index (χ0) is 26.4. The number of aryl methyl sites for hydroxylation is 1. The molecule has 0 unspecified atom stereocenters. The number of hydrogen-bond acceptors (Lipinski definition) is 7. The number of carbonyl (C=O) groups is 3. The Bertz CT molecular complexity index is 1110. The normalized spacial score (nSPS) is 18.1. The fourth-order valence-corrected chi connectivity index (χ4v) is 6.14. The second kappa shape index (κ2) is 12.6. The minimum absolute atomic E-state index is 0.0865. The SMILES string of the molecule is COC(=O)NCCCc1sc([C@@H](C)N(C(=O)[C@H]2CCCCO2)C2CC2)cc1-c1ccccc1C(=O)OC. The molecule has 2 heterocycles. The van der Waals surface area contributed by atoms with Gasteiger partial charge in [0.2, 0.25) is 0 Å². The molecule has 1 saturated heterocycles. The van der Waals surface area contributed by atoms with Gasteiger partial charge in [-0.05, 0) is 75.1 Å². The Morgan fingerprint density at radius 1 is 1.11 bits per heavy atom. The molecule has 2 aliphatic rings. The number of hydrogen-bond donors (Lipinski definition) is 1. The number of thiophene rings is 1. The molecule has 2 amide bonds. The van der Waals surface area contributed by atoms with Crippen molar-refractivity contribution in [2.45, 2.75) is 70.1 Å². The lowest BCUT2D eigenvalue weighted by Gasteiger charge is -2.33. The van der Waals surface area contributed by atoms with Crippen molar-refractivity contribution in [3.05, 3.63) is 45.6 Å². The standard InChI is InChI=1S/C28H36N2O6S/c1-18(30(19-13-14-19)26(31)23-11-6-7-16-36-23)25-17-22(20-9-4-5-10-21(20)27(32)34-2)24(37-25)12-8-15-29-28(33)35-3/h4-5,9-10,17-19,23H,6-8,11-16H2,1-3H3,(H,29,33)/t18-,23-/m1/s1. The molecular weight excluding hydrogens is 492 g/mol. The highest BCUT2D eigenvalue weighted by Crippen LogP contribution is 2.42. The van der Waals surface area contributed by atoms with Crippen LogP contribution in [0.3, 0.4) is 0 Å². The van der Waals surface area contributed by atoms with Gasteiger partial charge in [-0.15, -0.1) is 11.3 Å². The van der Waals surface area contributed by atoms with E-state index in [9.17, 15) is 14.4 Å². The van der Waals surface area contributed by atoms with Gasteiger partial charge in [0.25, 0.3) is 5.91 Å². The van der Waals surface area contributed by atoms with E-state index in [0.29, 0.717) is 31.6 Å². The summed E-state index contributed by atoms with van der Waals surface area (Å²) in [7, 11) is 2.72. The molecule has 1 aromatic carbocycles. The summed E-state index contributed by atoms with van der Waals surface area (Å²) in [5.74, 6) is -0.303. The van der Waals surface area contributed by atoms with Crippen molar-refractivity contribution in [2.75, 3.05) is 27.4 Å². The maximum Gasteiger partial charge on any atom is 0.406 e. The van der Waals surface area contributed by atoms with Gasteiger partial charge in [0, 0.05) is 28.9 Å². The molecule has 1 saturated carbocycles. The molecule has 1 aromatic heterocycles. The summed E-state index contributed by atoms with van der Waals surface area (Å²) < 4.78 is 15.6. The van der Waals surface area contributed by atoms with Gasteiger partial charge in [-0.3, -0.25) is 4.79 Å². The third kappa shape index (κ3) is 6.51. The number of amides is 2. The number of carbonyl (C=O) groups excluding carboxylic acids is 3. The predicted molar refractivity (Wildman–Crippen MR) is 142 cm³/mol. The van der Waals surface area contributed by atoms with Gasteiger partial charge >= 0.3 is 12.1 Å². The maximum atomic E-state index is 13.5. The van der Waals surface area contributed by atoms with E-state index in [4.69, 9.17) is 9.47 Å². The lowest BCUT2D eigenvalue weighted by atomic mass is 9.98. The zero-order valence-corrected chi connectivity index (χ0v) is 22.6. The molecule has 37 heavy (non-hydrogen) atoms. The minimum Gasteiger partial charge on any atom is -0.465 e. The van der Waals surface area contributed by atoms with Crippen LogP contribution in [0.5, 0.6) is 0 Å². The Morgan fingerprint density at radius 2 is 1.89 bits per heavy atom. The van der Waals surface area contributed by atoms with Crippen LogP contribution in [0.2, 0.25) is 0 Å². The van der Waals surface area contributed by atoms with Crippen molar-refractivity contribution in [1.82, 2.24) is 10.2 Å². The first kappa shape index (κ1) is 27.1. The Kier molecular flexibility index (Phi) is 9.21. The van der Waals surface area contributed by atoms with Crippen LogP contribution in [-0.2, 0) is 25.4 Å². The molecule has 2 fully saturated rings. The maximum absolute atomic E-state index is 13.5. The van der Waals surface area contributed by atoms with Gasteiger partial charge in [0.15, 0.2) is 0 Å². The first-order chi connectivity index (χ1) is 17.9. The minimum atomic E-state index is -0.458. The number of benzene rings is 1. The molecule has 2 atom stereocenters. The molecule has 0 spiro atoms. The number of nitrogens with one attached hydrogen (secondary N) is 1. The molecule has 8 nitrogen and oxygen atoms in total.